The van der Waals surface area contributed by atoms with Crippen molar-refractivity contribution >= 4 is 11.4 Å². The minimum atomic E-state index is -2.39. The number of hydrogen-bond donors (Lipinski definition) is 0. The molecule has 0 saturated carbocycles. The third-order valence-electron chi connectivity index (χ3n) is 2.73. The summed E-state index contributed by atoms with van der Waals surface area (Å²) in [5, 5.41) is 0. The van der Waals surface area contributed by atoms with E-state index in [2.05, 4.69) is 29.5 Å². The summed E-state index contributed by atoms with van der Waals surface area (Å²) in [5.41, 5.74) is 0. The van der Waals surface area contributed by atoms with Crippen LogP contribution < -0.4 is 0 Å². The van der Waals surface area contributed by atoms with Crippen molar-refractivity contribution in [3.8, 4) is 0 Å². The van der Waals surface area contributed by atoms with Crippen LogP contribution in [-0.2, 0) is 15.5 Å². The summed E-state index contributed by atoms with van der Waals surface area (Å²) < 4.78 is 23.0. The fourth-order valence-corrected chi connectivity index (χ4v) is 2.09. The summed E-state index contributed by atoms with van der Waals surface area (Å²) in [6, 6.07) is 0.855. The Hall–Kier alpha value is -0.230. The molecule has 1 saturated heterocycles. The van der Waals surface area contributed by atoms with E-state index >= 15 is 0 Å². The Morgan fingerprint density at radius 2 is 2.29 bits per heavy atom. The third-order valence-corrected chi connectivity index (χ3v) is 3.06. The van der Waals surface area contributed by atoms with Gasteiger partial charge in [-0.25, -0.2) is 4.21 Å². The lowest BCUT2D eigenvalue weighted by atomic mass is 10.0. The number of likely N-dealkylation sites (tertiary alicyclic amines) is 1. The molecule has 0 aliphatic carbocycles. The van der Waals surface area contributed by atoms with Crippen LogP contribution in [-0.4, -0.2) is 39.4 Å². The average molecular weight is 262 g/mol. The molecule has 2 unspecified atom stereocenters. The zero-order chi connectivity index (χ0) is 13.1. The Bertz CT molecular complexity index is 222. The fraction of sp³-hybridized carbons (Fsp3) is 0.833. The first kappa shape index (κ1) is 16.8. The molecule has 102 valence electrons. The summed E-state index contributed by atoms with van der Waals surface area (Å²) in [4.78, 5) is 2.61. The van der Waals surface area contributed by atoms with Gasteiger partial charge in [0.25, 0.3) is 0 Å². The molecule has 1 heterocycles. The van der Waals surface area contributed by atoms with Gasteiger partial charge in [-0.3, -0.25) is 4.18 Å². The van der Waals surface area contributed by atoms with Gasteiger partial charge in [0.1, 0.15) is 0 Å². The molecule has 0 aromatic carbocycles. The topological polar surface area (TPSA) is 52.6 Å². The first-order chi connectivity index (χ1) is 8.11. The highest BCUT2D eigenvalue weighted by atomic mass is 32.2. The summed E-state index contributed by atoms with van der Waals surface area (Å²) in [6.45, 7) is 10.6. The predicted octanol–water partition coefficient (Wildman–Crippen LogP) is 2.25. The van der Waals surface area contributed by atoms with Crippen LogP contribution in [0.1, 0.15) is 39.5 Å². The standard InChI is InChI=1S/C9H19N.C3H6O3S/c1-3-7-10-8-5-4-6-9(10)2;1-2-3-6-7(4)5/h9H,3-8H2,1-2H3;2H,1,3H2,(H,4,5)/p-1. The van der Waals surface area contributed by atoms with E-state index in [1.807, 2.05) is 0 Å². The molecular formula is C12H24NO3S-. The van der Waals surface area contributed by atoms with Gasteiger partial charge in [-0.1, -0.05) is 19.4 Å². The Labute approximate surface area is 108 Å². The molecule has 1 rings (SSSR count). The van der Waals surface area contributed by atoms with Gasteiger partial charge >= 0.3 is 0 Å². The van der Waals surface area contributed by atoms with Crippen LogP contribution in [0.2, 0.25) is 0 Å². The monoisotopic (exact) mass is 262 g/mol. The molecule has 0 amide bonds. The average Bonchev–Trinajstić information content (AvgIpc) is 2.30. The maximum Gasteiger partial charge on any atom is 0.0845 e. The van der Waals surface area contributed by atoms with Gasteiger partial charge in [0.2, 0.25) is 0 Å². The van der Waals surface area contributed by atoms with Crippen molar-refractivity contribution in [3.05, 3.63) is 12.7 Å². The highest BCUT2D eigenvalue weighted by Gasteiger charge is 2.16. The van der Waals surface area contributed by atoms with E-state index in [9.17, 15) is 8.76 Å². The van der Waals surface area contributed by atoms with Crippen LogP contribution in [0.15, 0.2) is 12.7 Å². The van der Waals surface area contributed by atoms with Crippen molar-refractivity contribution in [2.75, 3.05) is 19.7 Å². The van der Waals surface area contributed by atoms with Crippen LogP contribution in [0, 0.1) is 0 Å². The van der Waals surface area contributed by atoms with Crippen LogP contribution >= 0.6 is 0 Å². The summed E-state index contributed by atoms with van der Waals surface area (Å²) >= 11 is -2.39. The van der Waals surface area contributed by atoms with Gasteiger partial charge in [0, 0.05) is 6.04 Å². The molecule has 4 nitrogen and oxygen atoms in total. The lowest BCUT2D eigenvalue weighted by Gasteiger charge is -2.32. The van der Waals surface area contributed by atoms with E-state index < -0.39 is 11.4 Å². The second-order valence-corrected chi connectivity index (χ2v) is 4.80. The van der Waals surface area contributed by atoms with Crippen molar-refractivity contribution in [1.29, 1.82) is 0 Å². The molecule has 1 aliphatic heterocycles. The van der Waals surface area contributed by atoms with Gasteiger partial charge in [0.05, 0.1) is 18.0 Å². The summed E-state index contributed by atoms with van der Waals surface area (Å²) in [6.07, 6.45) is 6.95. The third kappa shape index (κ3) is 9.47. The molecule has 0 aromatic rings. The van der Waals surface area contributed by atoms with Crippen LogP contribution in [0.3, 0.4) is 0 Å². The van der Waals surface area contributed by atoms with Crippen LogP contribution in [0.4, 0.5) is 0 Å². The van der Waals surface area contributed by atoms with E-state index in [-0.39, 0.29) is 6.61 Å². The molecule has 0 N–H and O–H groups in total. The quantitative estimate of drug-likeness (QED) is 0.563. The molecule has 0 spiro atoms. The van der Waals surface area contributed by atoms with Gasteiger partial charge in [-0.05, 0) is 39.3 Å². The second kappa shape index (κ2) is 10.9. The van der Waals surface area contributed by atoms with Gasteiger partial charge in [-0.2, -0.15) is 0 Å². The molecule has 1 fully saturated rings. The minimum Gasteiger partial charge on any atom is -0.750 e. The van der Waals surface area contributed by atoms with E-state index in [1.165, 1.54) is 44.8 Å². The SMILES string of the molecule is C=CCOS(=O)[O-].CCCN1CCCCC1C. The summed E-state index contributed by atoms with van der Waals surface area (Å²) in [5.74, 6) is 0. The normalized spacial score (nSPS) is 22.4. The van der Waals surface area contributed by atoms with Crippen molar-refractivity contribution in [1.82, 2.24) is 4.90 Å². The summed E-state index contributed by atoms with van der Waals surface area (Å²) in [7, 11) is 0. The highest BCUT2D eigenvalue weighted by Crippen LogP contribution is 2.15. The van der Waals surface area contributed by atoms with E-state index in [4.69, 9.17) is 0 Å². The van der Waals surface area contributed by atoms with E-state index in [0.29, 0.717) is 0 Å². The molecule has 17 heavy (non-hydrogen) atoms. The smallest absolute Gasteiger partial charge is 0.0845 e. The Morgan fingerprint density at radius 1 is 1.59 bits per heavy atom. The van der Waals surface area contributed by atoms with Gasteiger partial charge < -0.3 is 9.45 Å². The first-order valence-electron chi connectivity index (χ1n) is 6.19. The number of hydrogen-bond acceptors (Lipinski definition) is 4. The van der Waals surface area contributed by atoms with Crippen molar-refractivity contribution in [3.63, 3.8) is 0 Å². The molecule has 1 aliphatic rings. The molecule has 0 bridgehead atoms. The maximum absolute atomic E-state index is 9.49. The zero-order valence-electron chi connectivity index (χ0n) is 10.9. The highest BCUT2D eigenvalue weighted by molar-refractivity contribution is 7.74. The molecular weight excluding hydrogens is 238 g/mol. The van der Waals surface area contributed by atoms with Crippen molar-refractivity contribution < 1.29 is 12.9 Å². The first-order valence-corrected chi connectivity index (χ1v) is 7.19. The maximum atomic E-state index is 9.49. The van der Waals surface area contributed by atoms with Crippen LogP contribution in [0.5, 0.6) is 0 Å². The largest absolute Gasteiger partial charge is 0.750 e. The second-order valence-electron chi connectivity index (χ2n) is 4.16. The number of nitrogens with zero attached hydrogens (tertiary/aromatic N) is 1. The van der Waals surface area contributed by atoms with E-state index in [1.54, 1.807) is 0 Å². The van der Waals surface area contributed by atoms with Crippen LogP contribution in [0.25, 0.3) is 0 Å². The van der Waals surface area contributed by atoms with Gasteiger partial charge in [0.15, 0.2) is 0 Å². The lowest BCUT2D eigenvalue weighted by Crippen LogP contribution is -2.37. The van der Waals surface area contributed by atoms with Crippen molar-refractivity contribution in [2.45, 2.75) is 45.6 Å². The predicted molar refractivity (Wildman–Crippen MR) is 70.2 cm³/mol. The number of rotatable bonds is 5. The fourth-order valence-electron chi connectivity index (χ4n) is 1.88. The lowest BCUT2D eigenvalue weighted by molar-refractivity contribution is 0.161. The Morgan fingerprint density at radius 3 is 2.71 bits per heavy atom. The zero-order valence-corrected chi connectivity index (χ0v) is 11.7. The Kier molecular flexibility index (Phi) is 10.7. The molecule has 2 atom stereocenters. The number of piperidine rings is 1. The molecule has 5 heteroatoms. The Balaban J connectivity index is 0.000000325. The molecule has 0 radical (unpaired) electrons. The van der Waals surface area contributed by atoms with E-state index in [0.717, 1.165) is 6.04 Å². The van der Waals surface area contributed by atoms with Crippen molar-refractivity contribution in [2.24, 2.45) is 0 Å². The minimum absolute atomic E-state index is 0.0517. The molecule has 0 aromatic heterocycles. The van der Waals surface area contributed by atoms with Gasteiger partial charge in [-0.15, -0.1) is 6.58 Å².